The molecule has 0 aliphatic rings. The van der Waals surface area contributed by atoms with Crippen LogP contribution in [0.2, 0.25) is 5.02 Å². The molecule has 6 heteroatoms. The monoisotopic (exact) mass is 381 g/mol. The average molecular weight is 382 g/mol. The lowest BCUT2D eigenvalue weighted by Gasteiger charge is -2.15. The van der Waals surface area contributed by atoms with Gasteiger partial charge in [-0.1, -0.05) is 23.7 Å². The van der Waals surface area contributed by atoms with Crippen molar-refractivity contribution < 1.29 is 19.0 Å². The fourth-order valence-corrected chi connectivity index (χ4v) is 2.81. The number of aliphatic hydroxyl groups excluding tert-OH is 1. The first kappa shape index (κ1) is 20.5. The van der Waals surface area contributed by atoms with Crippen LogP contribution in [0.25, 0.3) is 0 Å². The predicted molar refractivity (Wildman–Crippen MR) is 101 cm³/mol. The van der Waals surface area contributed by atoms with E-state index in [0.29, 0.717) is 23.1 Å². The van der Waals surface area contributed by atoms with E-state index < -0.39 is 0 Å². The van der Waals surface area contributed by atoms with Crippen LogP contribution in [0.15, 0.2) is 36.4 Å². The Morgan fingerprint density at radius 3 is 2.54 bits per heavy atom. The summed E-state index contributed by atoms with van der Waals surface area (Å²) in [6, 6.07) is 9.88. The van der Waals surface area contributed by atoms with Gasteiger partial charge in [0.15, 0.2) is 11.5 Å². The normalized spacial score (nSPS) is 10.8. The summed E-state index contributed by atoms with van der Waals surface area (Å²) in [5.41, 5.74) is 1.85. The Morgan fingerprint density at radius 1 is 1.08 bits per heavy atom. The van der Waals surface area contributed by atoms with Crippen LogP contribution in [0.5, 0.6) is 11.5 Å². The summed E-state index contributed by atoms with van der Waals surface area (Å²) >= 11 is 6.37. The Bertz CT molecular complexity index is 680. The van der Waals surface area contributed by atoms with Crippen molar-refractivity contribution >= 4 is 11.6 Å². The van der Waals surface area contributed by atoms with Crippen molar-refractivity contribution in [3.05, 3.63) is 58.4 Å². The van der Waals surface area contributed by atoms with E-state index in [4.69, 9.17) is 26.2 Å². The summed E-state index contributed by atoms with van der Waals surface area (Å²) in [6.45, 7) is 2.07. The molecule has 2 aromatic rings. The molecule has 4 nitrogen and oxygen atoms in total. The van der Waals surface area contributed by atoms with Crippen molar-refractivity contribution in [2.45, 2.75) is 32.4 Å². The van der Waals surface area contributed by atoms with Gasteiger partial charge < -0.3 is 19.9 Å². The maximum atomic E-state index is 13.0. The number of hydrogen-bond acceptors (Lipinski definition) is 4. The van der Waals surface area contributed by atoms with Gasteiger partial charge in [0.25, 0.3) is 0 Å². The van der Waals surface area contributed by atoms with Crippen molar-refractivity contribution in [2.75, 3.05) is 20.3 Å². The van der Waals surface area contributed by atoms with Crippen molar-refractivity contribution in [2.24, 2.45) is 0 Å². The molecule has 0 saturated carbocycles. The third-order valence-electron chi connectivity index (χ3n) is 3.93. The standard InChI is InChI=1S/C20H25ClFNO3/c1-25-19-12-16(13-23-9-3-2-4-10-24)11-18(21)20(19)26-14-15-5-7-17(22)8-6-15/h5-8,11-12,23-24H,2-4,9-10,13-14H2,1H3. The highest BCUT2D eigenvalue weighted by Crippen LogP contribution is 2.37. The minimum atomic E-state index is -0.280. The molecule has 0 amide bonds. The Balaban J connectivity index is 1.94. The lowest BCUT2D eigenvalue weighted by atomic mass is 10.2. The molecule has 0 aliphatic heterocycles. The van der Waals surface area contributed by atoms with E-state index in [1.807, 2.05) is 12.1 Å². The SMILES string of the molecule is COc1cc(CNCCCCCO)cc(Cl)c1OCc1ccc(F)cc1. The second-order valence-corrected chi connectivity index (χ2v) is 6.39. The first-order valence-corrected chi connectivity index (χ1v) is 9.07. The number of ether oxygens (including phenoxy) is 2. The van der Waals surface area contributed by atoms with Crippen molar-refractivity contribution in [1.82, 2.24) is 5.32 Å². The number of hydrogen-bond donors (Lipinski definition) is 2. The molecule has 0 saturated heterocycles. The Hall–Kier alpha value is -1.82. The fraction of sp³-hybridized carbons (Fsp3) is 0.400. The van der Waals surface area contributed by atoms with E-state index in [9.17, 15) is 4.39 Å². The smallest absolute Gasteiger partial charge is 0.180 e. The van der Waals surface area contributed by atoms with Gasteiger partial charge in [0.1, 0.15) is 12.4 Å². The van der Waals surface area contributed by atoms with Crippen LogP contribution in [0.1, 0.15) is 30.4 Å². The molecule has 0 bridgehead atoms. The average Bonchev–Trinajstić information content (AvgIpc) is 2.64. The highest BCUT2D eigenvalue weighted by molar-refractivity contribution is 6.32. The molecule has 0 fully saturated rings. The number of rotatable bonds is 11. The predicted octanol–water partition coefficient (Wildman–Crippen LogP) is 4.32. The number of aliphatic hydroxyl groups is 1. The summed E-state index contributed by atoms with van der Waals surface area (Å²) in [6.07, 6.45) is 2.86. The second kappa shape index (κ2) is 11.0. The Morgan fingerprint density at radius 2 is 1.85 bits per heavy atom. The second-order valence-electron chi connectivity index (χ2n) is 5.99. The lowest BCUT2D eigenvalue weighted by molar-refractivity contribution is 0.282. The lowest BCUT2D eigenvalue weighted by Crippen LogP contribution is -2.15. The first-order chi connectivity index (χ1) is 12.6. The third-order valence-corrected chi connectivity index (χ3v) is 4.21. The maximum absolute atomic E-state index is 13.0. The number of halogens is 2. The molecule has 2 N–H and O–H groups in total. The van der Waals surface area contributed by atoms with Gasteiger partial charge in [0, 0.05) is 13.2 Å². The molecule has 0 unspecified atom stereocenters. The van der Waals surface area contributed by atoms with Crippen molar-refractivity contribution in [3.63, 3.8) is 0 Å². The van der Waals surface area contributed by atoms with Gasteiger partial charge in [-0.2, -0.15) is 0 Å². The maximum Gasteiger partial charge on any atom is 0.180 e. The van der Waals surface area contributed by atoms with Gasteiger partial charge in [-0.05, 0) is 61.2 Å². The van der Waals surface area contributed by atoms with Gasteiger partial charge in [0.05, 0.1) is 12.1 Å². The summed E-state index contributed by atoms with van der Waals surface area (Å²) in [5.74, 6) is 0.763. The van der Waals surface area contributed by atoms with Crippen LogP contribution in [0, 0.1) is 5.82 Å². The molecule has 0 aromatic heterocycles. The summed E-state index contributed by atoms with van der Waals surface area (Å²) in [4.78, 5) is 0. The number of nitrogens with one attached hydrogen (secondary N) is 1. The van der Waals surface area contributed by atoms with Crippen molar-refractivity contribution in [3.8, 4) is 11.5 Å². The van der Waals surface area contributed by atoms with Crippen LogP contribution >= 0.6 is 11.6 Å². The van der Waals surface area contributed by atoms with Crippen molar-refractivity contribution in [1.29, 1.82) is 0 Å². The van der Waals surface area contributed by atoms with Gasteiger partial charge >= 0.3 is 0 Å². The van der Waals surface area contributed by atoms with E-state index in [0.717, 1.165) is 36.9 Å². The van der Waals surface area contributed by atoms with Crippen LogP contribution in [-0.4, -0.2) is 25.4 Å². The third kappa shape index (κ3) is 6.48. The summed E-state index contributed by atoms with van der Waals surface area (Å²) < 4.78 is 24.2. The van der Waals surface area contributed by atoms with E-state index >= 15 is 0 Å². The zero-order valence-corrected chi connectivity index (χ0v) is 15.7. The van der Waals surface area contributed by atoms with Crippen LogP contribution in [-0.2, 0) is 13.2 Å². The Kier molecular flexibility index (Phi) is 8.68. The largest absolute Gasteiger partial charge is 0.493 e. The first-order valence-electron chi connectivity index (χ1n) is 8.69. The zero-order chi connectivity index (χ0) is 18.8. The fourth-order valence-electron chi connectivity index (χ4n) is 2.52. The van der Waals surface area contributed by atoms with Gasteiger partial charge in [-0.25, -0.2) is 4.39 Å². The molecule has 2 rings (SSSR count). The quantitative estimate of drug-likeness (QED) is 0.569. The molecule has 0 radical (unpaired) electrons. The molecule has 0 aliphatic carbocycles. The van der Waals surface area contributed by atoms with Crippen LogP contribution < -0.4 is 14.8 Å². The minimum Gasteiger partial charge on any atom is -0.493 e. The summed E-state index contributed by atoms with van der Waals surface area (Å²) in [7, 11) is 1.57. The molecule has 0 atom stereocenters. The van der Waals surface area contributed by atoms with Crippen LogP contribution in [0.4, 0.5) is 4.39 Å². The van der Waals surface area contributed by atoms with E-state index in [-0.39, 0.29) is 19.0 Å². The zero-order valence-electron chi connectivity index (χ0n) is 14.9. The molecule has 142 valence electrons. The molecular weight excluding hydrogens is 357 g/mol. The summed E-state index contributed by atoms with van der Waals surface area (Å²) in [5, 5.41) is 12.6. The molecule has 2 aromatic carbocycles. The highest BCUT2D eigenvalue weighted by atomic mass is 35.5. The van der Waals surface area contributed by atoms with Gasteiger partial charge in [0.2, 0.25) is 0 Å². The van der Waals surface area contributed by atoms with E-state index in [1.165, 1.54) is 12.1 Å². The molecule has 26 heavy (non-hydrogen) atoms. The topological polar surface area (TPSA) is 50.7 Å². The molecular formula is C20H25ClFNO3. The van der Waals surface area contributed by atoms with Gasteiger partial charge in [-0.3, -0.25) is 0 Å². The minimum absolute atomic E-state index is 0.242. The molecule has 0 heterocycles. The van der Waals surface area contributed by atoms with E-state index in [1.54, 1.807) is 19.2 Å². The van der Waals surface area contributed by atoms with Crippen LogP contribution in [0.3, 0.4) is 0 Å². The van der Waals surface area contributed by atoms with E-state index in [2.05, 4.69) is 5.32 Å². The van der Waals surface area contributed by atoms with Gasteiger partial charge in [-0.15, -0.1) is 0 Å². The highest BCUT2D eigenvalue weighted by Gasteiger charge is 2.12. The Labute approximate surface area is 158 Å². The number of methoxy groups -OCH3 is 1. The number of unbranched alkanes of at least 4 members (excludes halogenated alkanes) is 2. The molecule has 0 spiro atoms. The number of benzene rings is 2.